The first kappa shape index (κ1) is 15.1. The lowest BCUT2D eigenvalue weighted by Crippen LogP contribution is -2.41. The van der Waals surface area contributed by atoms with Crippen LogP contribution in [0.15, 0.2) is 36.4 Å². The fourth-order valence-electron chi connectivity index (χ4n) is 3.35. The molecule has 0 N–H and O–H groups in total. The first-order valence-electron chi connectivity index (χ1n) is 8.37. The second-order valence-electron chi connectivity index (χ2n) is 6.65. The number of nitrogens with zero attached hydrogens (tertiary/aromatic N) is 5. The van der Waals surface area contributed by atoms with Gasteiger partial charge in [-0.3, -0.25) is 0 Å². The number of hydrogen-bond donors (Lipinski definition) is 0. The lowest BCUT2D eigenvalue weighted by Gasteiger charge is -2.37. The van der Waals surface area contributed by atoms with Crippen molar-refractivity contribution in [1.29, 1.82) is 0 Å². The van der Waals surface area contributed by atoms with Crippen molar-refractivity contribution >= 4 is 11.5 Å². The Bertz CT molecular complexity index is 875. The van der Waals surface area contributed by atoms with Gasteiger partial charge in [-0.1, -0.05) is 19.1 Å². The van der Waals surface area contributed by atoms with Gasteiger partial charge in [0.15, 0.2) is 11.5 Å². The molecule has 124 valence electrons. The molecule has 2 aromatic heterocycles. The summed E-state index contributed by atoms with van der Waals surface area (Å²) >= 11 is 0. The molecule has 0 spiro atoms. The summed E-state index contributed by atoms with van der Waals surface area (Å²) in [7, 11) is 0. The zero-order valence-corrected chi connectivity index (χ0v) is 13.9. The molecular formula is C18H20FN5. The van der Waals surface area contributed by atoms with Gasteiger partial charge in [0, 0.05) is 12.6 Å². The molecule has 1 saturated heterocycles. The minimum absolute atomic E-state index is 0.320. The van der Waals surface area contributed by atoms with Crippen molar-refractivity contribution in [2.24, 2.45) is 5.92 Å². The second kappa shape index (κ2) is 5.85. The van der Waals surface area contributed by atoms with E-state index in [1.807, 2.05) is 12.1 Å². The van der Waals surface area contributed by atoms with Gasteiger partial charge in [-0.15, -0.1) is 15.3 Å². The van der Waals surface area contributed by atoms with E-state index in [-0.39, 0.29) is 5.82 Å². The van der Waals surface area contributed by atoms with Crippen molar-refractivity contribution in [3.63, 3.8) is 0 Å². The number of aromatic nitrogens is 4. The third-order valence-electron chi connectivity index (χ3n) is 4.78. The molecule has 1 aliphatic heterocycles. The van der Waals surface area contributed by atoms with Crippen LogP contribution in [0.4, 0.5) is 10.2 Å². The van der Waals surface area contributed by atoms with Crippen molar-refractivity contribution in [3.05, 3.63) is 42.2 Å². The van der Waals surface area contributed by atoms with Gasteiger partial charge in [0.2, 0.25) is 0 Å². The third kappa shape index (κ3) is 2.52. The molecule has 24 heavy (non-hydrogen) atoms. The van der Waals surface area contributed by atoms with Crippen LogP contribution in [0.3, 0.4) is 0 Å². The van der Waals surface area contributed by atoms with Crippen LogP contribution in [-0.4, -0.2) is 32.4 Å². The number of halogens is 1. The Kier molecular flexibility index (Phi) is 3.67. The summed E-state index contributed by atoms with van der Waals surface area (Å²) in [6.45, 7) is 5.47. The van der Waals surface area contributed by atoms with E-state index < -0.39 is 0 Å². The Labute approximate surface area is 140 Å². The van der Waals surface area contributed by atoms with Gasteiger partial charge >= 0.3 is 0 Å². The fraction of sp³-hybridized carbons (Fsp3) is 0.389. The van der Waals surface area contributed by atoms with Gasteiger partial charge in [-0.25, -0.2) is 4.39 Å². The maximum Gasteiger partial charge on any atom is 0.188 e. The molecule has 0 aliphatic carbocycles. The Morgan fingerprint density at radius 3 is 2.71 bits per heavy atom. The minimum atomic E-state index is -0.320. The van der Waals surface area contributed by atoms with Gasteiger partial charge in [-0.05, 0) is 49.9 Å². The van der Waals surface area contributed by atoms with Gasteiger partial charge in [0.25, 0.3) is 0 Å². The van der Waals surface area contributed by atoms with Gasteiger partial charge < -0.3 is 4.90 Å². The fourth-order valence-corrected chi connectivity index (χ4v) is 3.35. The first-order valence-corrected chi connectivity index (χ1v) is 8.37. The maximum absolute atomic E-state index is 14.1. The highest BCUT2D eigenvalue weighted by Gasteiger charge is 2.25. The van der Waals surface area contributed by atoms with Crippen molar-refractivity contribution in [2.75, 3.05) is 11.4 Å². The van der Waals surface area contributed by atoms with E-state index in [0.717, 1.165) is 18.8 Å². The van der Waals surface area contributed by atoms with Gasteiger partial charge in [0.1, 0.15) is 11.6 Å². The van der Waals surface area contributed by atoms with Crippen LogP contribution in [0.2, 0.25) is 0 Å². The van der Waals surface area contributed by atoms with E-state index in [2.05, 4.69) is 28.9 Å². The summed E-state index contributed by atoms with van der Waals surface area (Å²) in [5.41, 5.74) is 1.03. The molecule has 2 unspecified atom stereocenters. The first-order chi connectivity index (χ1) is 11.6. The Morgan fingerprint density at radius 1 is 1.04 bits per heavy atom. The van der Waals surface area contributed by atoms with E-state index in [1.54, 1.807) is 22.7 Å². The highest BCUT2D eigenvalue weighted by atomic mass is 19.1. The van der Waals surface area contributed by atoms with Gasteiger partial charge in [-0.2, -0.15) is 4.52 Å². The lowest BCUT2D eigenvalue weighted by atomic mass is 9.95. The smallest absolute Gasteiger partial charge is 0.188 e. The molecule has 1 aliphatic rings. The van der Waals surface area contributed by atoms with Crippen molar-refractivity contribution in [3.8, 4) is 11.4 Å². The number of rotatable bonds is 2. The molecule has 6 heteroatoms. The molecule has 0 bridgehead atoms. The largest absolute Gasteiger partial charge is 0.352 e. The third-order valence-corrected chi connectivity index (χ3v) is 4.78. The molecule has 1 fully saturated rings. The number of piperidine rings is 1. The van der Waals surface area contributed by atoms with Crippen LogP contribution < -0.4 is 4.90 Å². The van der Waals surface area contributed by atoms with E-state index in [4.69, 9.17) is 5.10 Å². The molecular weight excluding hydrogens is 305 g/mol. The average Bonchev–Trinajstić information content (AvgIpc) is 3.00. The Balaban J connectivity index is 1.80. The quantitative estimate of drug-likeness (QED) is 0.723. The highest BCUT2D eigenvalue weighted by Crippen LogP contribution is 2.27. The maximum atomic E-state index is 14.1. The summed E-state index contributed by atoms with van der Waals surface area (Å²) in [4.78, 5) is 2.32. The molecule has 3 aromatic rings. The van der Waals surface area contributed by atoms with Crippen LogP contribution in [0.1, 0.15) is 26.7 Å². The number of benzene rings is 1. The summed E-state index contributed by atoms with van der Waals surface area (Å²) in [6.07, 6.45) is 2.40. The second-order valence-corrected chi connectivity index (χ2v) is 6.65. The molecule has 0 radical (unpaired) electrons. The molecule has 1 aromatic carbocycles. The normalized spacial score (nSPS) is 21.4. The number of hydrogen-bond acceptors (Lipinski definition) is 4. The Hall–Kier alpha value is -2.50. The average molecular weight is 325 g/mol. The van der Waals surface area contributed by atoms with Crippen LogP contribution in [0, 0.1) is 11.7 Å². The van der Waals surface area contributed by atoms with E-state index in [1.165, 1.54) is 12.5 Å². The summed E-state index contributed by atoms with van der Waals surface area (Å²) in [5.74, 6) is 1.64. The van der Waals surface area contributed by atoms with Crippen molar-refractivity contribution in [2.45, 2.75) is 32.7 Å². The van der Waals surface area contributed by atoms with E-state index in [9.17, 15) is 4.39 Å². The predicted molar refractivity (Wildman–Crippen MR) is 91.4 cm³/mol. The summed E-state index contributed by atoms with van der Waals surface area (Å²) in [6, 6.07) is 10.9. The predicted octanol–water partition coefficient (Wildman–Crippen LogP) is 3.56. The minimum Gasteiger partial charge on any atom is -0.352 e. The standard InChI is InChI=1S/C18H20FN5/c1-12-7-8-13(2)23(11-12)17-10-9-16-20-21-18(24(16)22-17)14-5-3-4-6-15(14)19/h3-6,9-10,12-13H,7-8,11H2,1-2H3. The molecule has 3 heterocycles. The summed E-state index contributed by atoms with van der Waals surface area (Å²) in [5, 5.41) is 13.0. The van der Waals surface area contributed by atoms with Crippen LogP contribution in [0.25, 0.3) is 17.0 Å². The molecule has 4 rings (SSSR count). The molecule has 5 nitrogen and oxygen atoms in total. The van der Waals surface area contributed by atoms with Crippen molar-refractivity contribution < 1.29 is 4.39 Å². The van der Waals surface area contributed by atoms with Crippen molar-refractivity contribution in [1.82, 2.24) is 19.8 Å². The van der Waals surface area contributed by atoms with Crippen LogP contribution in [-0.2, 0) is 0 Å². The molecule has 0 amide bonds. The Morgan fingerprint density at radius 2 is 1.88 bits per heavy atom. The van der Waals surface area contributed by atoms with Gasteiger partial charge in [0.05, 0.1) is 5.56 Å². The SMILES string of the molecule is CC1CCC(C)N(c2ccc3nnc(-c4ccccc4F)n3n2)C1. The zero-order chi connectivity index (χ0) is 16.7. The topological polar surface area (TPSA) is 46.3 Å². The lowest BCUT2D eigenvalue weighted by molar-refractivity contribution is 0.387. The zero-order valence-electron chi connectivity index (χ0n) is 13.9. The highest BCUT2D eigenvalue weighted by molar-refractivity contribution is 5.60. The number of fused-ring (bicyclic) bond motifs is 1. The van der Waals surface area contributed by atoms with Crippen LogP contribution >= 0.6 is 0 Å². The van der Waals surface area contributed by atoms with Crippen LogP contribution in [0.5, 0.6) is 0 Å². The number of anilines is 1. The summed E-state index contributed by atoms with van der Waals surface area (Å²) < 4.78 is 15.8. The van der Waals surface area contributed by atoms with E-state index >= 15 is 0 Å². The molecule has 2 atom stereocenters. The van der Waals surface area contributed by atoms with E-state index in [0.29, 0.717) is 29.0 Å². The molecule has 0 saturated carbocycles. The monoisotopic (exact) mass is 325 g/mol.